The van der Waals surface area contributed by atoms with Crippen molar-refractivity contribution in [3.63, 3.8) is 0 Å². The van der Waals surface area contributed by atoms with Crippen LogP contribution in [0.25, 0.3) is 6.08 Å². The summed E-state index contributed by atoms with van der Waals surface area (Å²) < 4.78 is 10.5. The van der Waals surface area contributed by atoms with Crippen LogP contribution >= 0.6 is 15.9 Å². The highest BCUT2D eigenvalue weighted by molar-refractivity contribution is 9.11. The van der Waals surface area contributed by atoms with Crippen molar-refractivity contribution in [1.29, 1.82) is 0 Å². The number of hydrogen-bond donors (Lipinski definition) is 0. The third kappa shape index (κ3) is 4.55. The van der Waals surface area contributed by atoms with E-state index in [0.717, 1.165) is 5.56 Å². The fraction of sp³-hybridized carbons (Fsp3) is 0.0625. The van der Waals surface area contributed by atoms with Gasteiger partial charge in [-0.2, -0.15) is 0 Å². The molecule has 2 aromatic carbocycles. The first kappa shape index (κ1) is 14.3. The van der Waals surface area contributed by atoms with Gasteiger partial charge in [-0.25, -0.2) is 4.79 Å². The number of esters is 1. The molecule has 0 atom stereocenters. The lowest BCUT2D eigenvalue weighted by atomic mass is 10.2. The predicted molar refractivity (Wildman–Crippen MR) is 82.0 cm³/mol. The van der Waals surface area contributed by atoms with E-state index in [4.69, 9.17) is 9.47 Å². The highest BCUT2D eigenvalue weighted by atomic mass is 79.9. The van der Waals surface area contributed by atoms with Crippen molar-refractivity contribution in [3.05, 3.63) is 65.1 Å². The number of rotatable bonds is 5. The average Bonchev–Trinajstić information content (AvgIpc) is 2.49. The lowest BCUT2D eigenvalue weighted by molar-refractivity contribution is -0.136. The van der Waals surface area contributed by atoms with Crippen molar-refractivity contribution in [2.45, 2.75) is 0 Å². The van der Waals surface area contributed by atoms with E-state index in [0.29, 0.717) is 11.5 Å². The Morgan fingerprint density at radius 1 is 1.00 bits per heavy atom. The molecule has 0 spiro atoms. The Morgan fingerprint density at radius 3 is 2.35 bits per heavy atom. The van der Waals surface area contributed by atoms with E-state index in [9.17, 15) is 4.79 Å². The monoisotopic (exact) mass is 332 g/mol. The molecule has 0 aliphatic heterocycles. The van der Waals surface area contributed by atoms with Crippen molar-refractivity contribution in [2.75, 3.05) is 6.61 Å². The quantitative estimate of drug-likeness (QED) is 0.612. The summed E-state index contributed by atoms with van der Waals surface area (Å²) in [6, 6.07) is 16.3. The van der Waals surface area contributed by atoms with E-state index in [2.05, 4.69) is 15.9 Å². The maximum absolute atomic E-state index is 11.6. The van der Waals surface area contributed by atoms with E-state index in [-0.39, 0.29) is 6.61 Å². The van der Waals surface area contributed by atoms with Gasteiger partial charge < -0.3 is 9.47 Å². The number of benzene rings is 2. The van der Waals surface area contributed by atoms with E-state index < -0.39 is 5.97 Å². The summed E-state index contributed by atoms with van der Waals surface area (Å²) in [6.45, 7) is -0.118. The van der Waals surface area contributed by atoms with Gasteiger partial charge in [0.1, 0.15) is 11.5 Å². The van der Waals surface area contributed by atoms with Crippen LogP contribution in [-0.4, -0.2) is 12.6 Å². The molecule has 0 radical (unpaired) electrons. The summed E-state index contributed by atoms with van der Waals surface area (Å²) in [5.41, 5.74) is 1.02. The number of hydrogen-bond acceptors (Lipinski definition) is 3. The second-order valence-corrected chi connectivity index (χ2v) is 4.47. The lowest BCUT2D eigenvalue weighted by Crippen LogP contribution is -2.17. The highest BCUT2D eigenvalue weighted by Gasteiger charge is 2.05. The molecule has 4 heteroatoms. The highest BCUT2D eigenvalue weighted by Crippen LogP contribution is 2.14. The number of ether oxygens (including phenoxy) is 2. The molecule has 0 saturated carbocycles. The zero-order chi connectivity index (χ0) is 14.2. The van der Waals surface area contributed by atoms with Crippen molar-refractivity contribution in [2.24, 2.45) is 0 Å². The molecule has 0 unspecified atom stereocenters. The Hall–Kier alpha value is -2.07. The third-order valence-corrected chi connectivity index (χ3v) is 2.73. The van der Waals surface area contributed by atoms with Crippen molar-refractivity contribution in [3.8, 4) is 11.5 Å². The van der Waals surface area contributed by atoms with Crippen molar-refractivity contribution < 1.29 is 14.3 Å². The maximum atomic E-state index is 11.6. The maximum Gasteiger partial charge on any atom is 0.349 e. The minimum Gasteiger partial charge on any atom is -0.482 e. The van der Waals surface area contributed by atoms with Gasteiger partial charge in [0.2, 0.25) is 0 Å². The molecule has 0 fully saturated rings. The van der Waals surface area contributed by atoms with Crippen LogP contribution in [0.2, 0.25) is 0 Å². The van der Waals surface area contributed by atoms with Crippen molar-refractivity contribution >= 4 is 28.0 Å². The number of carbonyl (C=O) groups excluding carboxylic acids is 1. The molecule has 0 heterocycles. The Balaban J connectivity index is 1.85. The first-order valence-corrected chi connectivity index (χ1v) is 6.95. The normalized spacial score (nSPS) is 10.4. The molecule has 2 aromatic rings. The SMILES string of the molecule is O=C(COc1ccccc1)Oc1ccc(/C=C/Br)cc1. The van der Waals surface area contributed by atoms with Crippen LogP contribution in [0.5, 0.6) is 11.5 Å². The van der Waals surface area contributed by atoms with Crippen molar-refractivity contribution in [1.82, 2.24) is 0 Å². The van der Waals surface area contributed by atoms with Gasteiger partial charge in [-0.1, -0.05) is 46.3 Å². The number of halogens is 1. The van der Waals surface area contributed by atoms with Crippen LogP contribution in [0.1, 0.15) is 5.56 Å². The molecule has 0 amide bonds. The summed E-state index contributed by atoms with van der Waals surface area (Å²) >= 11 is 3.21. The van der Waals surface area contributed by atoms with Gasteiger partial charge in [-0.3, -0.25) is 0 Å². The van der Waals surface area contributed by atoms with E-state index in [1.807, 2.05) is 36.4 Å². The topological polar surface area (TPSA) is 35.5 Å². The summed E-state index contributed by atoms with van der Waals surface area (Å²) in [5.74, 6) is 0.707. The zero-order valence-corrected chi connectivity index (χ0v) is 12.2. The number of carbonyl (C=O) groups is 1. The summed E-state index contributed by atoms with van der Waals surface area (Å²) in [7, 11) is 0. The standard InChI is InChI=1S/C16H13BrO3/c17-11-10-13-6-8-15(9-7-13)20-16(18)12-19-14-4-2-1-3-5-14/h1-11H,12H2/b11-10+. The van der Waals surface area contributed by atoms with E-state index in [1.165, 1.54) is 0 Å². The second-order valence-electron chi connectivity index (χ2n) is 3.94. The van der Waals surface area contributed by atoms with Crippen LogP contribution in [0, 0.1) is 0 Å². The minimum atomic E-state index is -0.433. The molecule has 0 aromatic heterocycles. The molecule has 2 rings (SSSR count). The molecule has 20 heavy (non-hydrogen) atoms. The second kappa shape index (κ2) is 7.50. The fourth-order valence-electron chi connectivity index (χ4n) is 1.54. The molecule has 0 bridgehead atoms. The predicted octanol–water partition coefficient (Wildman–Crippen LogP) is 4.04. The molecular formula is C16H13BrO3. The molecule has 0 aliphatic rings. The molecular weight excluding hydrogens is 320 g/mol. The van der Waals surface area contributed by atoms with Gasteiger partial charge in [-0.05, 0) is 40.9 Å². The third-order valence-electron chi connectivity index (χ3n) is 2.47. The molecule has 0 aliphatic carbocycles. The molecule has 3 nitrogen and oxygen atoms in total. The molecule has 0 N–H and O–H groups in total. The Labute approximate surface area is 126 Å². The van der Waals surface area contributed by atoms with Crippen LogP contribution in [-0.2, 0) is 4.79 Å². The first-order valence-electron chi connectivity index (χ1n) is 6.03. The summed E-state index contributed by atoms with van der Waals surface area (Å²) in [5, 5.41) is 0. The Bertz CT molecular complexity index is 576. The Kier molecular flexibility index (Phi) is 5.38. The van der Waals surface area contributed by atoms with Gasteiger partial charge in [0.15, 0.2) is 6.61 Å². The first-order chi connectivity index (χ1) is 9.78. The number of para-hydroxylation sites is 1. The van der Waals surface area contributed by atoms with Gasteiger partial charge >= 0.3 is 5.97 Å². The smallest absolute Gasteiger partial charge is 0.349 e. The van der Waals surface area contributed by atoms with Gasteiger partial charge in [0.05, 0.1) is 0 Å². The Morgan fingerprint density at radius 2 is 1.70 bits per heavy atom. The molecule has 102 valence electrons. The van der Waals surface area contributed by atoms with Crippen LogP contribution in [0.4, 0.5) is 0 Å². The average molecular weight is 333 g/mol. The lowest BCUT2D eigenvalue weighted by Gasteiger charge is -2.06. The fourth-order valence-corrected chi connectivity index (χ4v) is 1.84. The van der Waals surface area contributed by atoms with E-state index in [1.54, 1.807) is 29.3 Å². The molecule has 0 saturated heterocycles. The van der Waals surface area contributed by atoms with Crippen LogP contribution < -0.4 is 9.47 Å². The van der Waals surface area contributed by atoms with Gasteiger partial charge in [0, 0.05) is 0 Å². The van der Waals surface area contributed by atoms with Crippen LogP contribution in [0.15, 0.2) is 59.6 Å². The van der Waals surface area contributed by atoms with Crippen LogP contribution in [0.3, 0.4) is 0 Å². The largest absolute Gasteiger partial charge is 0.482 e. The van der Waals surface area contributed by atoms with Gasteiger partial charge in [0.25, 0.3) is 0 Å². The van der Waals surface area contributed by atoms with Gasteiger partial charge in [-0.15, -0.1) is 0 Å². The summed E-state index contributed by atoms with van der Waals surface area (Å²) in [4.78, 5) is 13.4. The van der Waals surface area contributed by atoms with E-state index >= 15 is 0 Å². The summed E-state index contributed by atoms with van der Waals surface area (Å²) in [6.07, 6.45) is 1.89. The zero-order valence-electron chi connectivity index (χ0n) is 10.7. The minimum absolute atomic E-state index is 0.118.